The van der Waals surface area contributed by atoms with E-state index in [0.717, 1.165) is 31.7 Å². The first-order valence-electron chi connectivity index (χ1n) is 5.82. The molecule has 0 unspecified atom stereocenters. The van der Waals surface area contributed by atoms with Crippen LogP contribution in [-0.2, 0) is 9.47 Å². The van der Waals surface area contributed by atoms with Gasteiger partial charge < -0.3 is 14.8 Å². The number of methoxy groups -OCH3 is 1. The Hall–Kier alpha value is -1.55. The van der Waals surface area contributed by atoms with Gasteiger partial charge in [-0.3, -0.25) is 0 Å². The number of anilines is 1. The molecule has 1 aliphatic rings. The van der Waals surface area contributed by atoms with Crippen molar-refractivity contribution in [1.29, 1.82) is 0 Å². The van der Waals surface area contributed by atoms with Crippen molar-refractivity contribution in [1.82, 2.24) is 0 Å². The maximum Gasteiger partial charge on any atom is 0.337 e. The van der Waals surface area contributed by atoms with E-state index in [1.165, 1.54) is 7.11 Å². The molecule has 0 spiro atoms. The molecule has 0 aromatic heterocycles. The van der Waals surface area contributed by atoms with Gasteiger partial charge >= 0.3 is 5.97 Å². The van der Waals surface area contributed by atoms with Gasteiger partial charge in [-0.25, -0.2) is 4.79 Å². The van der Waals surface area contributed by atoms with E-state index < -0.39 is 0 Å². The van der Waals surface area contributed by atoms with Crippen LogP contribution < -0.4 is 5.32 Å². The SMILES string of the molecule is COC(=O)c1ccc(NC2CCOCC2)cc1. The quantitative estimate of drug-likeness (QED) is 0.815. The van der Waals surface area contributed by atoms with Crippen LogP contribution in [0.4, 0.5) is 5.69 Å². The van der Waals surface area contributed by atoms with Crippen LogP contribution in [0.1, 0.15) is 23.2 Å². The lowest BCUT2D eigenvalue weighted by Crippen LogP contribution is -2.27. The minimum absolute atomic E-state index is 0.303. The van der Waals surface area contributed by atoms with E-state index in [4.69, 9.17) is 4.74 Å². The summed E-state index contributed by atoms with van der Waals surface area (Å²) in [6, 6.07) is 7.82. The zero-order valence-electron chi connectivity index (χ0n) is 9.94. The topological polar surface area (TPSA) is 47.6 Å². The lowest BCUT2D eigenvalue weighted by molar-refractivity contribution is 0.0601. The van der Waals surface area contributed by atoms with Gasteiger partial charge in [0.05, 0.1) is 12.7 Å². The van der Waals surface area contributed by atoms with E-state index in [9.17, 15) is 4.79 Å². The van der Waals surface area contributed by atoms with Gasteiger partial charge in [-0.1, -0.05) is 0 Å². The summed E-state index contributed by atoms with van der Waals surface area (Å²) in [5.74, 6) is -0.303. The van der Waals surface area contributed by atoms with Crippen molar-refractivity contribution in [2.75, 3.05) is 25.6 Å². The van der Waals surface area contributed by atoms with Gasteiger partial charge in [0.2, 0.25) is 0 Å². The van der Waals surface area contributed by atoms with Crippen LogP contribution in [0.3, 0.4) is 0 Å². The third-order valence-electron chi connectivity index (χ3n) is 2.90. The van der Waals surface area contributed by atoms with E-state index in [2.05, 4.69) is 10.1 Å². The minimum Gasteiger partial charge on any atom is -0.465 e. The number of hydrogen-bond donors (Lipinski definition) is 1. The summed E-state index contributed by atoms with van der Waals surface area (Å²) in [5, 5.41) is 3.43. The molecule has 1 heterocycles. The third kappa shape index (κ3) is 3.20. The Morgan fingerprint density at radius 1 is 1.29 bits per heavy atom. The standard InChI is InChI=1S/C13H17NO3/c1-16-13(15)10-2-4-11(5-3-10)14-12-6-8-17-9-7-12/h2-5,12,14H,6-9H2,1H3. The predicted molar refractivity (Wildman–Crippen MR) is 65.2 cm³/mol. The second-order valence-corrected chi connectivity index (χ2v) is 4.10. The fourth-order valence-corrected chi connectivity index (χ4v) is 1.90. The van der Waals surface area contributed by atoms with Crippen molar-refractivity contribution >= 4 is 11.7 Å². The summed E-state index contributed by atoms with van der Waals surface area (Å²) in [6.07, 6.45) is 2.05. The van der Waals surface area contributed by atoms with Crippen LogP contribution in [0, 0.1) is 0 Å². The zero-order chi connectivity index (χ0) is 12.1. The number of hydrogen-bond acceptors (Lipinski definition) is 4. The van der Waals surface area contributed by atoms with Crippen molar-refractivity contribution in [2.45, 2.75) is 18.9 Å². The molecule has 1 N–H and O–H groups in total. The largest absolute Gasteiger partial charge is 0.465 e. The van der Waals surface area contributed by atoms with E-state index in [-0.39, 0.29) is 5.97 Å². The Morgan fingerprint density at radius 3 is 2.53 bits per heavy atom. The van der Waals surface area contributed by atoms with Crippen molar-refractivity contribution in [3.8, 4) is 0 Å². The van der Waals surface area contributed by atoms with Crippen LogP contribution in [0.25, 0.3) is 0 Å². The van der Waals surface area contributed by atoms with Gasteiger partial charge in [-0.05, 0) is 37.1 Å². The average Bonchev–Trinajstić information content (AvgIpc) is 2.40. The number of carbonyl (C=O) groups excluding carboxylic acids is 1. The Labute approximate surface area is 101 Å². The number of nitrogens with one attached hydrogen (secondary N) is 1. The maximum absolute atomic E-state index is 11.3. The molecule has 0 atom stereocenters. The van der Waals surface area contributed by atoms with Gasteiger partial charge in [-0.2, -0.15) is 0 Å². The number of benzene rings is 1. The summed E-state index contributed by atoms with van der Waals surface area (Å²) >= 11 is 0. The summed E-state index contributed by atoms with van der Waals surface area (Å²) in [6.45, 7) is 1.63. The molecular weight excluding hydrogens is 218 g/mol. The molecule has 1 saturated heterocycles. The molecule has 0 radical (unpaired) electrons. The van der Waals surface area contributed by atoms with Crippen LogP contribution in [0.2, 0.25) is 0 Å². The van der Waals surface area contributed by atoms with Gasteiger partial charge in [0, 0.05) is 24.9 Å². The van der Waals surface area contributed by atoms with Crippen LogP contribution in [0.5, 0.6) is 0 Å². The molecule has 1 aromatic rings. The highest BCUT2D eigenvalue weighted by atomic mass is 16.5. The Balaban J connectivity index is 1.95. The molecule has 4 heteroatoms. The van der Waals surface area contributed by atoms with Gasteiger partial charge in [0.25, 0.3) is 0 Å². The van der Waals surface area contributed by atoms with Crippen molar-refractivity contribution < 1.29 is 14.3 Å². The molecule has 1 fully saturated rings. The molecule has 17 heavy (non-hydrogen) atoms. The minimum atomic E-state index is -0.303. The van der Waals surface area contributed by atoms with E-state index in [1.54, 1.807) is 12.1 Å². The van der Waals surface area contributed by atoms with Crippen LogP contribution >= 0.6 is 0 Å². The monoisotopic (exact) mass is 235 g/mol. The molecule has 0 saturated carbocycles. The summed E-state index contributed by atoms with van der Waals surface area (Å²) in [4.78, 5) is 11.3. The maximum atomic E-state index is 11.3. The highest BCUT2D eigenvalue weighted by Crippen LogP contribution is 2.16. The summed E-state index contributed by atoms with van der Waals surface area (Å²) in [7, 11) is 1.39. The molecule has 1 aromatic carbocycles. The van der Waals surface area contributed by atoms with Gasteiger partial charge in [-0.15, -0.1) is 0 Å². The number of carbonyl (C=O) groups is 1. The Morgan fingerprint density at radius 2 is 1.94 bits per heavy atom. The third-order valence-corrected chi connectivity index (χ3v) is 2.90. The normalized spacial score (nSPS) is 16.5. The van der Waals surface area contributed by atoms with Gasteiger partial charge in [0.1, 0.15) is 0 Å². The molecular formula is C13H17NO3. The lowest BCUT2D eigenvalue weighted by atomic mass is 10.1. The van der Waals surface area contributed by atoms with Crippen molar-refractivity contribution in [2.24, 2.45) is 0 Å². The fourth-order valence-electron chi connectivity index (χ4n) is 1.90. The first-order chi connectivity index (χ1) is 8.29. The second kappa shape index (κ2) is 5.68. The molecule has 0 aliphatic carbocycles. The second-order valence-electron chi connectivity index (χ2n) is 4.10. The zero-order valence-corrected chi connectivity index (χ0v) is 9.94. The lowest BCUT2D eigenvalue weighted by Gasteiger charge is -2.24. The number of rotatable bonds is 3. The molecule has 0 amide bonds. The smallest absolute Gasteiger partial charge is 0.337 e. The molecule has 2 rings (SSSR count). The molecule has 1 aliphatic heterocycles. The number of esters is 1. The molecule has 4 nitrogen and oxygen atoms in total. The highest BCUT2D eigenvalue weighted by molar-refractivity contribution is 5.89. The van der Waals surface area contributed by atoms with Crippen LogP contribution in [-0.4, -0.2) is 32.3 Å². The summed E-state index contributed by atoms with van der Waals surface area (Å²) in [5.41, 5.74) is 1.61. The van der Waals surface area contributed by atoms with Crippen molar-refractivity contribution in [3.63, 3.8) is 0 Å². The van der Waals surface area contributed by atoms with Crippen LogP contribution in [0.15, 0.2) is 24.3 Å². The van der Waals surface area contributed by atoms with Gasteiger partial charge in [0.15, 0.2) is 0 Å². The van der Waals surface area contributed by atoms with E-state index in [1.807, 2.05) is 12.1 Å². The summed E-state index contributed by atoms with van der Waals surface area (Å²) < 4.78 is 9.95. The molecule has 92 valence electrons. The predicted octanol–water partition coefficient (Wildman–Crippen LogP) is 2.06. The first-order valence-corrected chi connectivity index (χ1v) is 5.82. The van der Waals surface area contributed by atoms with Crippen molar-refractivity contribution in [3.05, 3.63) is 29.8 Å². The van der Waals surface area contributed by atoms with E-state index in [0.29, 0.717) is 11.6 Å². The Kier molecular flexibility index (Phi) is 3.98. The average molecular weight is 235 g/mol. The Bertz CT molecular complexity index is 369. The fraction of sp³-hybridized carbons (Fsp3) is 0.462. The van der Waals surface area contributed by atoms with E-state index >= 15 is 0 Å². The highest BCUT2D eigenvalue weighted by Gasteiger charge is 2.13. The number of ether oxygens (including phenoxy) is 2. The first kappa shape index (κ1) is 11.9. The molecule has 0 bridgehead atoms.